The van der Waals surface area contributed by atoms with E-state index in [1.807, 2.05) is 18.2 Å². The van der Waals surface area contributed by atoms with Crippen LogP contribution in [0.1, 0.15) is 24.0 Å². The Hall–Kier alpha value is -1.24. The van der Waals surface area contributed by atoms with Gasteiger partial charge >= 0.3 is 0 Å². The van der Waals surface area contributed by atoms with Crippen molar-refractivity contribution in [1.82, 2.24) is 0 Å². The van der Waals surface area contributed by atoms with Gasteiger partial charge in [0.05, 0.1) is 5.69 Å². The van der Waals surface area contributed by atoms with Gasteiger partial charge in [0.2, 0.25) is 0 Å². The summed E-state index contributed by atoms with van der Waals surface area (Å²) in [5, 5.41) is 0. The van der Waals surface area contributed by atoms with E-state index in [4.69, 9.17) is 4.99 Å². The number of aliphatic imine (C=N–C) groups is 1. The van der Waals surface area contributed by atoms with E-state index in [1.165, 1.54) is 12.0 Å². The van der Waals surface area contributed by atoms with Crippen molar-refractivity contribution in [3.63, 3.8) is 0 Å². The summed E-state index contributed by atoms with van der Waals surface area (Å²) in [7, 11) is 0. The second-order valence-electron chi connectivity index (χ2n) is 4.32. The Morgan fingerprint density at radius 1 is 0.944 bits per heavy atom. The maximum absolute atomic E-state index is 4.79. The van der Waals surface area contributed by atoms with Gasteiger partial charge in [0, 0.05) is 20.1 Å². The van der Waals surface area contributed by atoms with Gasteiger partial charge in [-0.05, 0) is 30.2 Å². The van der Waals surface area contributed by atoms with Crippen LogP contribution < -0.4 is 0 Å². The van der Waals surface area contributed by atoms with Crippen LogP contribution in [0.15, 0.2) is 53.5 Å². The number of para-hydroxylation sites is 1. The first-order valence-corrected chi connectivity index (χ1v) is 6.06. The summed E-state index contributed by atoms with van der Waals surface area (Å²) in [6.45, 7) is 0. The second kappa shape index (κ2) is 6.08. The van der Waals surface area contributed by atoms with Crippen molar-refractivity contribution >= 4 is 11.4 Å². The van der Waals surface area contributed by atoms with Gasteiger partial charge in [-0.1, -0.05) is 24.6 Å². The third kappa shape index (κ3) is 2.77. The summed E-state index contributed by atoms with van der Waals surface area (Å²) < 4.78 is 0. The van der Waals surface area contributed by atoms with Crippen LogP contribution in [-0.4, -0.2) is 5.71 Å². The fourth-order valence-corrected chi connectivity index (χ4v) is 2.25. The molecular formula is C16H14IrN-. The third-order valence-electron chi connectivity index (χ3n) is 3.13. The molecule has 0 saturated carbocycles. The smallest absolute Gasteiger partial charge is 0.0551 e. The fourth-order valence-electron chi connectivity index (χ4n) is 2.25. The first-order valence-electron chi connectivity index (χ1n) is 6.06. The molecule has 18 heavy (non-hydrogen) atoms. The van der Waals surface area contributed by atoms with E-state index in [-0.39, 0.29) is 20.1 Å². The molecule has 0 aromatic heterocycles. The molecule has 2 aromatic carbocycles. The molecular weight excluding hydrogens is 398 g/mol. The van der Waals surface area contributed by atoms with Gasteiger partial charge in [-0.25, -0.2) is 0 Å². The van der Waals surface area contributed by atoms with Gasteiger partial charge in [0.25, 0.3) is 0 Å². The Morgan fingerprint density at radius 3 is 2.61 bits per heavy atom. The van der Waals surface area contributed by atoms with Gasteiger partial charge in [0.15, 0.2) is 0 Å². The molecule has 0 atom stereocenters. The van der Waals surface area contributed by atoms with Crippen LogP contribution in [0.3, 0.4) is 0 Å². The summed E-state index contributed by atoms with van der Waals surface area (Å²) in [6, 6.07) is 19.8. The van der Waals surface area contributed by atoms with Crippen LogP contribution in [-0.2, 0) is 26.5 Å². The second-order valence-corrected chi connectivity index (χ2v) is 4.32. The first-order chi connectivity index (χ1) is 8.43. The number of aryl methyl sites for hydroxylation is 1. The van der Waals surface area contributed by atoms with E-state index < -0.39 is 0 Å². The molecule has 3 rings (SSSR count). The number of benzene rings is 2. The SMILES string of the molecule is [Ir].[c-]1ccccc1C1=Nc2ccccc2CCC1. The van der Waals surface area contributed by atoms with Crippen LogP contribution in [0, 0.1) is 6.07 Å². The van der Waals surface area contributed by atoms with Crippen LogP contribution in [0.5, 0.6) is 0 Å². The molecule has 93 valence electrons. The van der Waals surface area contributed by atoms with Crippen molar-refractivity contribution in [2.24, 2.45) is 4.99 Å². The van der Waals surface area contributed by atoms with Crippen LogP contribution >= 0.6 is 0 Å². The summed E-state index contributed by atoms with van der Waals surface area (Å²) in [6.07, 6.45) is 3.32. The minimum atomic E-state index is 0. The molecule has 1 aliphatic rings. The number of hydrogen-bond donors (Lipinski definition) is 0. The minimum Gasteiger partial charge on any atom is -0.301 e. The maximum atomic E-state index is 4.79. The zero-order chi connectivity index (χ0) is 11.5. The fraction of sp³-hybridized carbons (Fsp3) is 0.188. The molecule has 2 heteroatoms. The molecule has 1 aliphatic heterocycles. The molecule has 1 heterocycles. The average Bonchev–Trinajstić information content (AvgIpc) is 2.62. The molecule has 2 aromatic rings. The molecule has 0 aliphatic carbocycles. The van der Waals surface area contributed by atoms with Gasteiger partial charge in [-0.3, -0.25) is 0 Å². The minimum absolute atomic E-state index is 0. The molecule has 0 N–H and O–H groups in total. The Morgan fingerprint density at radius 2 is 1.78 bits per heavy atom. The van der Waals surface area contributed by atoms with Gasteiger partial charge in [0.1, 0.15) is 0 Å². The van der Waals surface area contributed by atoms with Gasteiger partial charge in [-0.15, -0.1) is 35.9 Å². The average molecular weight is 413 g/mol. The molecule has 0 amide bonds. The predicted molar refractivity (Wildman–Crippen MR) is 70.9 cm³/mol. The summed E-state index contributed by atoms with van der Waals surface area (Å²) in [5.74, 6) is 0. The van der Waals surface area contributed by atoms with Crippen molar-refractivity contribution in [3.8, 4) is 0 Å². The molecule has 0 bridgehead atoms. The summed E-state index contributed by atoms with van der Waals surface area (Å²) in [4.78, 5) is 4.79. The van der Waals surface area contributed by atoms with Crippen molar-refractivity contribution in [2.75, 3.05) is 0 Å². The Bertz CT molecular complexity index is 546. The number of nitrogens with zero attached hydrogens (tertiary/aromatic N) is 1. The largest absolute Gasteiger partial charge is 0.301 e. The Kier molecular flexibility index (Phi) is 4.46. The van der Waals surface area contributed by atoms with E-state index in [1.54, 1.807) is 0 Å². The van der Waals surface area contributed by atoms with Crippen LogP contribution in [0.4, 0.5) is 5.69 Å². The molecule has 0 spiro atoms. The van der Waals surface area contributed by atoms with Crippen LogP contribution in [0.25, 0.3) is 0 Å². The quantitative estimate of drug-likeness (QED) is 0.629. The number of rotatable bonds is 1. The van der Waals surface area contributed by atoms with E-state index in [0.717, 1.165) is 29.8 Å². The summed E-state index contributed by atoms with van der Waals surface area (Å²) >= 11 is 0. The third-order valence-corrected chi connectivity index (χ3v) is 3.13. The molecule has 1 nitrogen and oxygen atoms in total. The van der Waals surface area contributed by atoms with Crippen molar-refractivity contribution in [3.05, 3.63) is 65.7 Å². The van der Waals surface area contributed by atoms with E-state index in [0.29, 0.717) is 0 Å². The molecule has 1 radical (unpaired) electrons. The molecule has 0 fully saturated rings. The first kappa shape index (κ1) is 13.2. The van der Waals surface area contributed by atoms with Crippen LogP contribution in [0.2, 0.25) is 0 Å². The Balaban J connectivity index is 0.00000120. The van der Waals surface area contributed by atoms with Gasteiger partial charge in [-0.2, -0.15) is 0 Å². The topological polar surface area (TPSA) is 12.4 Å². The van der Waals surface area contributed by atoms with E-state index in [2.05, 4.69) is 36.4 Å². The molecule has 0 saturated heterocycles. The van der Waals surface area contributed by atoms with Gasteiger partial charge < -0.3 is 4.99 Å². The zero-order valence-electron chi connectivity index (χ0n) is 10.0. The maximum Gasteiger partial charge on any atom is 0.0551 e. The zero-order valence-corrected chi connectivity index (χ0v) is 12.4. The Labute approximate surface area is 121 Å². The van der Waals surface area contributed by atoms with Crippen molar-refractivity contribution in [2.45, 2.75) is 19.3 Å². The predicted octanol–water partition coefficient (Wildman–Crippen LogP) is 3.94. The standard InChI is InChI=1S/C16H14N.Ir/c1-2-7-13(8-3-1)16-12-6-10-14-9-4-5-11-15(14)17-16;/h1-5,7,9,11H,6,10,12H2;/q-1;. The van der Waals surface area contributed by atoms with Crippen molar-refractivity contribution in [1.29, 1.82) is 0 Å². The number of fused-ring (bicyclic) bond motifs is 1. The van der Waals surface area contributed by atoms with E-state index >= 15 is 0 Å². The molecule has 0 unspecified atom stereocenters. The monoisotopic (exact) mass is 413 g/mol. The van der Waals surface area contributed by atoms with Crippen molar-refractivity contribution < 1.29 is 20.1 Å². The van der Waals surface area contributed by atoms with E-state index in [9.17, 15) is 0 Å². The number of hydrogen-bond acceptors (Lipinski definition) is 1. The normalized spacial score (nSPS) is 13.9. The summed E-state index contributed by atoms with van der Waals surface area (Å²) in [5.41, 5.74) is 4.77.